The Labute approximate surface area is 118 Å². The third-order valence-electron chi connectivity index (χ3n) is 3.95. The molecule has 0 aliphatic heterocycles. The molecule has 1 aromatic rings. The van der Waals surface area contributed by atoms with Gasteiger partial charge < -0.3 is 4.42 Å². The molecule has 1 N–H and O–H groups in total. The lowest BCUT2D eigenvalue weighted by atomic mass is 9.97. The van der Waals surface area contributed by atoms with Gasteiger partial charge in [0.1, 0.15) is 11.3 Å². The van der Waals surface area contributed by atoms with E-state index < -0.39 is 0 Å². The Balaban J connectivity index is 1.68. The number of nitriles is 1. The van der Waals surface area contributed by atoms with Crippen LogP contribution < -0.4 is 5.32 Å². The molecule has 1 atom stereocenters. The fourth-order valence-electron chi connectivity index (χ4n) is 2.28. The summed E-state index contributed by atoms with van der Waals surface area (Å²) in [6.07, 6.45) is 4.74. The first-order valence-corrected chi connectivity index (χ1v) is 7.87. The molecule has 5 heteroatoms. The van der Waals surface area contributed by atoms with Gasteiger partial charge in [-0.05, 0) is 45.4 Å². The van der Waals surface area contributed by atoms with Crippen LogP contribution in [0.4, 0.5) is 0 Å². The number of hydrogen-bond acceptors (Lipinski definition) is 5. The van der Waals surface area contributed by atoms with Crippen molar-refractivity contribution in [3.05, 3.63) is 11.5 Å². The first kappa shape index (κ1) is 13.0. The number of oxazole rings is 1. The minimum Gasteiger partial charge on any atom is -0.437 e. The maximum atomic E-state index is 9.62. The minimum absolute atomic E-state index is 0.387. The standard InChI is InChI=1S/C14H19N3OS/c1-9-10(2)18-13(16-9)19-8-14(7-15,11-3-4-11)17-12-5-6-12/h11-12,17H,3-6,8H2,1-2H3. The molecule has 2 fully saturated rings. The SMILES string of the molecule is Cc1nc(SCC(C#N)(NC2CC2)C2CC2)oc1C. The predicted octanol–water partition coefficient (Wildman–Crippen LogP) is 2.81. The van der Waals surface area contributed by atoms with Gasteiger partial charge in [-0.1, -0.05) is 11.8 Å². The van der Waals surface area contributed by atoms with Crippen molar-refractivity contribution >= 4 is 11.8 Å². The molecule has 0 spiro atoms. The van der Waals surface area contributed by atoms with Gasteiger partial charge in [-0.3, -0.25) is 5.32 Å². The topological polar surface area (TPSA) is 61.9 Å². The van der Waals surface area contributed by atoms with Gasteiger partial charge in [0.25, 0.3) is 5.22 Å². The summed E-state index contributed by atoms with van der Waals surface area (Å²) < 4.78 is 5.59. The highest BCUT2D eigenvalue weighted by molar-refractivity contribution is 7.99. The van der Waals surface area contributed by atoms with Crippen molar-refractivity contribution in [2.45, 2.75) is 56.3 Å². The van der Waals surface area contributed by atoms with Crippen LogP contribution in [0.3, 0.4) is 0 Å². The van der Waals surface area contributed by atoms with Crippen LogP contribution in [0.1, 0.15) is 37.1 Å². The number of aromatic nitrogens is 1. The Bertz CT molecular complexity index is 494. The monoisotopic (exact) mass is 277 g/mol. The third kappa shape index (κ3) is 2.80. The van der Waals surface area contributed by atoms with Gasteiger partial charge in [0, 0.05) is 11.8 Å². The molecule has 1 aromatic heterocycles. The zero-order valence-electron chi connectivity index (χ0n) is 11.4. The summed E-state index contributed by atoms with van der Waals surface area (Å²) in [6.45, 7) is 3.87. The van der Waals surface area contributed by atoms with Crippen LogP contribution in [-0.2, 0) is 0 Å². The molecule has 3 rings (SSSR count). The van der Waals surface area contributed by atoms with Crippen LogP contribution in [-0.4, -0.2) is 22.3 Å². The summed E-state index contributed by atoms with van der Waals surface area (Å²) in [5.41, 5.74) is 0.550. The second kappa shape index (κ2) is 4.84. The molecular weight excluding hydrogens is 258 g/mol. The molecule has 0 saturated heterocycles. The molecule has 19 heavy (non-hydrogen) atoms. The highest BCUT2D eigenvalue weighted by Gasteiger charge is 2.48. The van der Waals surface area contributed by atoms with E-state index in [1.165, 1.54) is 12.8 Å². The molecule has 0 amide bonds. The lowest BCUT2D eigenvalue weighted by Gasteiger charge is -2.27. The minimum atomic E-state index is -0.387. The molecular formula is C14H19N3OS. The summed E-state index contributed by atoms with van der Waals surface area (Å²) in [4.78, 5) is 4.38. The normalized spacial score (nSPS) is 21.9. The molecule has 2 aliphatic rings. The molecule has 102 valence electrons. The van der Waals surface area contributed by atoms with Gasteiger partial charge in [0.2, 0.25) is 0 Å². The molecule has 4 nitrogen and oxygen atoms in total. The van der Waals surface area contributed by atoms with E-state index in [0.29, 0.717) is 17.2 Å². The number of rotatable bonds is 6. The van der Waals surface area contributed by atoms with Crippen LogP contribution >= 0.6 is 11.8 Å². The van der Waals surface area contributed by atoms with E-state index in [4.69, 9.17) is 4.42 Å². The van der Waals surface area contributed by atoms with E-state index in [2.05, 4.69) is 16.4 Å². The molecule has 2 saturated carbocycles. The molecule has 0 aromatic carbocycles. The third-order valence-corrected chi connectivity index (χ3v) is 4.97. The summed E-state index contributed by atoms with van der Waals surface area (Å²) in [5.74, 6) is 2.10. The Morgan fingerprint density at radius 3 is 2.63 bits per heavy atom. The van der Waals surface area contributed by atoms with Crippen molar-refractivity contribution in [1.82, 2.24) is 10.3 Å². The number of nitrogens with zero attached hydrogens (tertiary/aromatic N) is 2. The summed E-state index contributed by atoms with van der Waals surface area (Å²) in [5, 5.41) is 13.9. The van der Waals surface area contributed by atoms with Crippen molar-refractivity contribution in [2.24, 2.45) is 5.92 Å². The van der Waals surface area contributed by atoms with E-state index in [9.17, 15) is 5.26 Å². The fraction of sp³-hybridized carbons (Fsp3) is 0.714. The van der Waals surface area contributed by atoms with Gasteiger partial charge >= 0.3 is 0 Å². The number of nitrogens with one attached hydrogen (secondary N) is 1. The maximum absolute atomic E-state index is 9.62. The highest BCUT2D eigenvalue weighted by atomic mass is 32.2. The Kier molecular flexibility index (Phi) is 3.32. The number of thioether (sulfide) groups is 1. The van der Waals surface area contributed by atoms with Crippen LogP contribution in [0.25, 0.3) is 0 Å². The summed E-state index contributed by atoms with van der Waals surface area (Å²) >= 11 is 1.56. The van der Waals surface area contributed by atoms with Crippen LogP contribution in [0.5, 0.6) is 0 Å². The van der Waals surface area contributed by atoms with Crippen LogP contribution in [0.2, 0.25) is 0 Å². The highest BCUT2D eigenvalue weighted by Crippen LogP contribution is 2.43. The van der Waals surface area contributed by atoms with E-state index in [1.54, 1.807) is 11.8 Å². The second-order valence-corrected chi connectivity index (χ2v) is 6.61. The van der Waals surface area contributed by atoms with E-state index >= 15 is 0 Å². The van der Waals surface area contributed by atoms with Crippen molar-refractivity contribution in [1.29, 1.82) is 5.26 Å². The number of hydrogen-bond donors (Lipinski definition) is 1. The zero-order chi connectivity index (χ0) is 13.5. The molecule has 0 bridgehead atoms. The van der Waals surface area contributed by atoms with Crippen molar-refractivity contribution in [3.8, 4) is 6.07 Å². The quantitative estimate of drug-likeness (QED) is 0.810. The summed E-state index contributed by atoms with van der Waals surface area (Å²) in [7, 11) is 0. The first-order valence-electron chi connectivity index (χ1n) is 6.89. The van der Waals surface area contributed by atoms with E-state index in [1.807, 2.05) is 13.8 Å². The van der Waals surface area contributed by atoms with Crippen molar-refractivity contribution < 1.29 is 4.42 Å². The van der Waals surface area contributed by atoms with E-state index in [0.717, 1.165) is 30.0 Å². The average Bonchev–Trinajstić information content (AvgIpc) is 3.26. The molecule has 1 heterocycles. The maximum Gasteiger partial charge on any atom is 0.256 e. The smallest absolute Gasteiger partial charge is 0.256 e. The fourth-order valence-corrected chi connectivity index (χ4v) is 3.40. The van der Waals surface area contributed by atoms with Crippen LogP contribution in [0.15, 0.2) is 9.64 Å². The lowest BCUT2D eigenvalue weighted by Crippen LogP contribution is -2.49. The van der Waals surface area contributed by atoms with Gasteiger partial charge in [-0.15, -0.1) is 0 Å². The Morgan fingerprint density at radius 2 is 2.16 bits per heavy atom. The van der Waals surface area contributed by atoms with Gasteiger partial charge in [-0.25, -0.2) is 4.98 Å². The van der Waals surface area contributed by atoms with E-state index in [-0.39, 0.29) is 5.54 Å². The molecule has 1 unspecified atom stereocenters. The first-order chi connectivity index (χ1) is 9.13. The van der Waals surface area contributed by atoms with Gasteiger partial charge in [0.15, 0.2) is 0 Å². The van der Waals surface area contributed by atoms with Gasteiger partial charge in [-0.2, -0.15) is 5.26 Å². The zero-order valence-corrected chi connectivity index (χ0v) is 12.2. The Hall–Kier alpha value is -0.990. The summed E-state index contributed by atoms with van der Waals surface area (Å²) in [6, 6.07) is 3.09. The number of aryl methyl sites for hydroxylation is 2. The second-order valence-electron chi connectivity index (χ2n) is 5.69. The predicted molar refractivity (Wildman–Crippen MR) is 73.9 cm³/mol. The van der Waals surface area contributed by atoms with Crippen LogP contribution in [0, 0.1) is 31.1 Å². The molecule has 0 radical (unpaired) electrons. The van der Waals surface area contributed by atoms with Crippen molar-refractivity contribution in [3.63, 3.8) is 0 Å². The largest absolute Gasteiger partial charge is 0.437 e. The average molecular weight is 277 g/mol. The lowest BCUT2D eigenvalue weighted by molar-refractivity contribution is 0.396. The molecule has 2 aliphatic carbocycles. The van der Waals surface area contributed by atoms with Crippen molar-refractivity contribution in [2.75, 3.05) is 5.75 Å². The Morgan fingerprint density at radius 1 is 1.42 bits per heavy atom. The van der Waals surface area contributed by atoms with Gasteiger partial charge in [0.05, 0.1) is 11.8 Å².